The lowest BCUT2D eigenvalue weighted by Crippen LogP contribution is -2.14. The van der Waals surface area contributed by atoms with Crippen LogP contribution >= 0.6 is 23.4 Å². The average Bonchev–Trinajstić information content (AvgIpc) is 2.72. The number of ketones is 1. The number of carbonyl (C=O) groups is 1. The molecule has 0 saturated heterocycles. The Kier molecular flexibility index (Phi) is 3.01. The van der Waals surface area contributed by atoms with Gasteiger partial charge in [0, 0.05) is 15.8 Å². The molecule has 1 fully saturated rings. The van der Waals surface area contributed by atoms with Crippen LogP contribution in [-0.4, -0.2) is 5.78 Å². The fourth-order valence-corrected chi connectivity index (χ4v) is 4.07. The molecule has 0 aliphatic heterocycles. The summed E-state index contributed by atoms with van der Waals surface area (Å²) in [6.45, 7) is 0. The molecule has 2 aliphatic carbocycles. The van der Waals surface area contributed by atoms with Gasteiger partial charge < -0.3 is 0 Å². The highest BCUT2D eigenvalue weighted by Gasteiger charge is 2.35. The highest BCUT2D eigenvalue weighted by Crippen LogP contribution is 2.46. The number of rotatable bonds is 2. The molecule has 1 aromatic rings. The van der Waals surface area contributed by atoms with Crippen molar-refractivity contribution in [3.8, 4) is 0 Å². The second-order valence-corrected chi connectivity index (χ2v) is 6.30. The first-order valence-electron chi connectivity index (χ1n) is 5.91. The monoisotopic (exact) mass is 264 g/mol. The molecule has 1 aromatic carbocycles. The lowest BCUT2D eigenvalue weighted by atomic mass is 9.94. The average molecular weight is 265 g/mol. The van der Waals surface area contributed by atoms with Crippen molar-refractivity contribution >= 4 is 29.1 Å². The summed E-state index contributed by atoms with van der Waals surface area (Å²) in [5, 5.41) is 0.752. The molecular weight excluding hydrogens is 252 g/mol. The van der Waals surface area contributed by atoms with Crippen LogP contribution in [0.25, 0.3) is 0 Å². The predicted octanol–water partition coefficient (Wildman–Crippen LogP) is 4.32. The van der Waals surface area contributed by atoms with E-state index in [2.05, 4.69) is 0 Å². The van der Waals surface area contributed by atoms with Gasteiger partial charge in [0.05, 0.1) is 0 Å². The molecular formula is C14H13ClOS. The first-order chi connectivity index (χ1) is 8.22. The van der Waals surface area contributed by atoms with E-state index in [0.29, 0.717) is 17.6 Å². The normalized spacial score (nSPS) is 27.1. The van der Waals surface area contributed by atoms with E-state index in [9.17, 15) is 4.79 Å². The van der Waals surface area contributed by atoms with E-state index in [1.165, 1.54) is 4.91 Å². The Bertz CT molecular complexity index is 495. The van der Waals surface area contributed by atoms with Gasteiger partial charge in [0.2, 0.25) is 0 Å². The van der Waals surface area contributed by atoms with Crippen LogP contribution in [0.2, 0.25) is 5.02 Å². The van der Waals surface area contributed by atoms with E-state index >= 15 is 0 Å². The van der Waals surface area contributed by atoms with Crippen LogP contribution in [0.4, 0.5) is 0 Å². The zero-order chi connectivity index (χ0) is 11.8. The lowest BCUT2D eigenvalue weighted by molar-refractivity contribution is -0.118. The van der Waals surface area contributed by atoms with Gasteiger partial charge in [-0.05, 0) is 54.4 Å². The van der Waals surface area contributed by atoms with Crippen LogP contribution in [0.3, 0.4) is 0 Å². The highest BCUT2D eigenvalue weighted by molar-refractivity contribution is 8.03. The smallest absolute Gasteiger partial charge is 0.159 e. The van der Waals surface area contributed by atoms with Crippen LogP contribution < -0.4 is 0 Å². The van der Waals surface area contributed by atoms with Gasteiger partial charge in [-0.15, -0.1) is 0 Å². The van der Waals surface area contributed by atoms with Crippen molar-refractivity contribution in [3.05, 3.63) is 40.3 Å². The van der Waals surface area contributed by atoms with Gasteiger partial charge in [0.25, 0.3) is 0 Å². The summed E-state index contributed by atoms with van der Waals surface area (Å²) in [5.41, 5.74) is 0. The summed E-state index contributed by atoms with van der Waals surface area (Å²) < 4.78 is 0. The Morgan fingerprint density at radius 3 is 2.88 bits per heavy atom. The first-order valence-corrected chi connectivity index (χ1v) is 7.10. The Balaban J connectivity index is 1.83. The van der Waals surface area contributed by atoms with Gasteiger partial charge in [0.1, 0.15) is 0 Å². The fourth-order valence-electron chi connectivity index (χ4n) is 2.65. The summed E-state index contributed by atoms with van der Waals surface area (Å²) in [6, 6.07) is 7.83. The molecule has 0 spiro atoms. The molecule has 0 N–H and O–H groups in total. The van der Waals surface area contributed by atoms with E-state index in [1.54, 1.807) is 11.8 Å². The number of allylic oxidation sites excluding steroid dienone is 2. The van der Waals surface area contributed by atoms with E-state index in [1.807, 2.05) is 30.3 Å². The van der Waals surface area contributed by atoms with Crippen LogP contribution in [0, 0.1) is 11.8 Å². The van der Waals surface area contributed by atoms with E-state index in [0.717, 1.165) is 29.2 Å². The van der Waals surface area contributed by atoms with Gasteiger partial charge >= 0.3 is 0 Å². The molecule has 0 radical (unpaired) electrons. The molecule has 1 saturated carbocycles. The van der Waals surface area contributed by atoms with E-state index < -0.39 is 0 Å². The number of thioether (sulfide) groups is 1. The summed E-state index contributed by atoms with van der Waals surface area (Å²) in [7, 11) is 0. The van der Waals surface area contributed by atoms with E-state index in [-0.39, 0.29) is 0 Å². The summed E-state index contributed by atoms with van der Waals surface area (Å²) in [5.74, 6) is 1.23. The van der Waals surface area contributed by atoms with Crippen molar-refractivity contribution in [2.75, 3.05) is 0 Å². The number of fused-ring (bicyclic) bond motifs is 2. The number of carbonyl (C=O) groups excluding carboxylic acids is 1. The molecule has 1 nitrogen and oxygen atoms in total. The molecule has 0 amide bonds. The maximum Gasteiger partial charge on any atom is 0.159 e. The minimum absolute atomic E-state index is 0.309. The Hall–Kier alpha value is -0.730. The van der Waals surface area contributed by atoms with E-state index in [4.69, 9.17) is 11.6 Å². The fraction of sp³-hybridized carbons (Fsp3) is 0.357. The Morgan fingerprint density at radius 1 is 1.24 bits per heavy atom. The molecule has 3 heteroatoms. The third-order valence-corrected chi connectivity index (χ3v) is 4.97. The van der Waals surface area contributed by atoms with Crippen LogP contribution in [0.1, 0.15) is 19.3 Å². The van der Waals surface area contributed by atoms with Gasteiger partial charge in [-0.3, -0.25) is 4.79 Å². The van der Waals surface area contributed by atoms with Crippen molar-refractivity contribution in [1.29, 1.82) is 0 Å². The van der Waals surface area contributed by atoms with Crippen molar-refractivity contribution in [2.45, 2.75) is 24.2 Å². The maximum atomic E-state index is 11.8. The van der Waals surface area contributed by atoms with Crippen LogP contribution in [0.15, 0.2) is 40.1 Å². The zero-order valence-corrected chi connectivity index (χ0v) is 10.9. The summed E-state index contributed by atoms with van der Waals surface area (Å²) >= 11 is 7.67. The number of hydrogen-bond acceptors (Lipinski definition) is 2. The molecule has 2 atom stereocenters. The standard InChI is InChI=1S/C14H13ClOS/c15-11-2-1-3-12(7-11)17-14-8-13(16)9-4-5-10(14)6-9/h1-3,7-10H,4-6H2. The van der Waals surface area contributed by atoms with Gasteiger partial charge in [-0.2, -0.15) is 0 Å². The van der Waals surface area contributed by atoms with Crippen molar-refractivity contribution in [2.24, 2.45) is 11.8 Å². The van der Waals surface area contributed by atoms with Crippen LogP contribution in [-0.2, 0) is 4.79 Å². The number of benzene rings is 1. The molecule has 2 bridgehead atoms. The molecule has 2 aliphatic rings. The maximum absolute atomic E-state index is 11.8. The minimum Gasteiger partial charge on any atom is -0.295 e. The van der Waals surface area contributed by atoms with Crippen LogP contribution in [0.5, 0.6) is 0 Å². The van der Waals surface area contributed by atoms with Crippen molar-refractivity contribution < 1.29 is 4.79 Å². The van der Waals surface area contributed by atoms with Crippen molar-refractivity contribution in [3.63, 3.8) is 0 Å². The Morgan fingerprint density at radius 2 is 2.06 bits per heavy atom. The predicted molar refractivity (Wildman–Crippen MR) is 71.2 cm³/mol. The molecule has 88 valence electrons. The highest BCUT2D eigenvalue weighted by atomic mass is 35.5. The topological polar surface area (TPSA) is 17.1 Å². The van der Waals surface area contributed by atoms with Gasteiger partial charge in [0.15, 0.2) is 5.78 Å². The molecule has 0 heterocycles. The molecule has 17 heavy (non-hydrogen) atoms. The third-order valence-electron chi connectivity index (χ3n) is 3.55. The molecule has 2 unspecified atom stereocenters. The van der Waals surface area contributed by atoms with Crippen molar-refractivity contribution in [1.82, 2.24) is 0 Å². The second kappa shape index (κ2) is 4.51. The quantitative estimate of drug-likeness (QED) is 0.792. The minimum atomic E-state index is 0.309. The summed E-state index contributed by atoms with van der Waals surface area (Å²) in [6.07, 6.45) is 5.14. The van der Waals surface area contributed by atoms with Gasteiger partial charge in [-0.1, -0.05) is 29.4 Å². The zero-order valence-electron chi connectivity index (χ0n) is 9.36. The number of halogens is 1. The molecule has 3 rings (SSSR count). The lowest BCUT2D eigenvalue weighted by Gasteiger charge is -2.19. The Labute approximate surface area is 110 Å². The third kappa shape index (κ3) is 2.29. The van der Waals surface area contributed by atoms with Gasteiger partial charge in [-0.25, -0.2) is 0 Å². The summed E-state index contributed by atoms with van der Waals surface area (Å²) in [4.78, 5) is 14.2. The first kappa shape index (κ1) is 11.4. The number of hydrogen-bond donors (Lipinski definition) is 0. The molecule has 0 aromatic heterocycles. The SMILES string of the molecule is O=C1C=C(Sc2cccc(Cl)c2)C2CCC1C2. The largest absolute Gasteiger partial charge is 0.295 e. The second-order valence-electron chi connectivity index (χ2n) is 4.72.